The summed E-state index contributed by atoms with van der Waals surface area (Å²) in [7, 11) is 4.24. The highest BCUT2D eigenvalue weighted by Crippen LogP contribution is 2.29. The van der Waals surface area contributed by atoms with Crippen LogP contribution in [0.5, 0.6) is 0 Å². The second-order valence-electron chi connectivity index (χ2n) is 14.7. The predicted molar refractivity (Wildman–Crippen MR) is 202 cm³/mol. The molecule has 274 valence electrons. The van der Waals surface area contributed by atoms with Gasteiger partial charge in [0.1, 0.15) is 6.04 Å². The third-order valence-electron chi connectivity index (χ3n) is 10.9. The third kappa shape index (κ3) is 9.29. The predicted octanol–water partition coefficient (Wildman–Crippen LogP) is 4.88. The Morgan fingerprint density at radius 1 is 0.885 bits per heavy atom. The van der Waals surface area contributed by atoms with Crippen LogP contribution in [0, 0.1) is 18.8 Å². The number of aryl methyl sites for hydroxylation is 1. The number of hydrogen-bond donors (Lipinski definition) is 5. The zero-order valence-electron chi connectivity index (χ0n) is 30.4. The van der Waals surface area contributed by atoms with Crippen molar-refractivity contribution in [1.29, 1.82) is 0 Å². The largest absolute Gasteiger partial charge is 0.349 e. The van der Waals surface area contributed by atoms with Crippen LogP contribution >= 0.6 is 0 Å². The first-order chi connectivity index (χ1) is 25.2. The summed E-state index contributed by atoms with van der Waals surface area (Å²) in [5, 5.41) is 23.3. The van der Waals surface area contributed by atoms with Gasteiger partial charge in [-0.15, -0.1) is 10.2 Å². The molecule has 2 aliphatic rings. The van der Waals surface area contributed by atoms with Crippen molar-refractivity contribution in [2.75, 3.05) is 26.0 Å². The van der Waals surface area contributed by atoms with Gasteiger partial charge in [-0.05, 0) is 149 Å². The average Bonchev–Trinajstić information content (AvgIpc) is 3.71. The van der Waals surface area contributed by atoms with E-state index in [9.17, 15) is 14.4 Å². The quantitative estimate of drug-likeness (QED) is 0.139. The summed E-state index contributed by atoms with van der Waals surface area (Å²) < 4.78 is 0. The van der Waals surface area contributed by atoms with Crippen molar-refractivity contribution in [3.05, 3.63) is 83.4 Å². The molecule has 0 radical (unpaired) electrons. The molecule has 4 aromatic rings. The van der Waals surface area contributed by atoms with E-state index in [1.807, 2.05) is 49.4 Å². The Morgan fingerprint density at radius 2 is 1.58 bits per heavy atom. The molecule has 1 heterocycles. The minimum absolute atomic E-state index is 0.0278. The number of carbonyl (C=O) groups is 3. The molecule has 3 amide bonds. The molecular formula is C40H51N9O3. The van der Waals surface area contributed by atoms with E-state index in [-0.39, 0.29) is 29.7 Å². The van der Waals surface area contributed by atoms with Crippen molar-refractivity contribution in [1.82, 2.24) is 36.2 Å². The van der Waals surface area contributed by atoms with Gasteiger partial charge in [0, 0.05) is 41.2 Å². The summed E-state index contributed by atoms with van der Waals surface area (Å²) in [6.45, 7) is 2.66. The Balaban J connectivity index is 1.11. The number of anilines is 1. The SMILES string of the molecule is Cc1cc(C(=O)NC2CCC(N(C)C)CC2)ccc1-c1ccc(CC(NC(=O)C2CCC(CN)CC2)C(=O)Nc2ccc(-c3nn[nH]n3)cc2)cc1. The fourth-order valence-electron chi connectivity index (χ4n) is 7.57. The molecule has 6 N–H and O–H groups in total. The molecule has 2 aliphatic carbocycles. The summed E-state index contributed by atoms with van der Waals surface area (Å²) in [5.74, 6) is 0.352. The minimum atomic E-state index is -0.778. The van der Waals surface area contributed by atoms with E-state index in [0.29, 0.717) is 42.0 Å². The zero-order valence-corrected chi connectivity index (χ0v) is 30.4. The number of nitrogens with one attached hydrogen (secondary N) is 4. The number of nitrogens with two attached hydrogens (primary N) is 1. The summed E-state index contributed by atoms with van der Waals surface area (Å²) in [5.41, 5.74) is 11.9. The zero-order chi connectivity index (χ0) is 36.6. The van der Waals surface area contributed by atoms with Crippen molar-refractivity contribution in [3.63, 3.8) is 0 Å². The van der Waals surface area contributed by atoms with Gasteiger partial charge in [0.05, 0.1) is 0 Å². The molecule has 0 aliphatic heterocycles. The number of hydrogen-bond acceptors (Lipinski definition) is 8. The molecule has 2 fully saturated rings. The van der Waals surface area contributed by atoms with Gasteiger partial charge in [0.2, 0.25) is 17.6 Å². The Hall–Kier alpha value is -4.94. The first kappa shape index (κ1) is 36.8. The number of amides is 3. The van der Waals surface area contributed by atoms with E-state index in [2.05, 4.69) is 55.6 Å². The van der Waals surface area contributed by atoms with E-state index in [0.717, 1.165) is 79.2 Å². The number of H-pyrrole nitrogens is 1. The monoisotopic (exact) mass is 705 g/mol. The van der Waals surface area contributed by atoms with Crippen molar-refractivity contribution in [2.45, 2.75) is 82.8 Å². The second-order valence-corrected chi connectivity index (χ2v) is 14.7. The van der Waals surface area contributed by atoms with Gasteiger partial charge in [-0.2, -0.15) is 5.21 Å². The van der Waals surface area contributed by atoms with Gasteiger partial charge in [0.15, 0.2) is 0 Å². The molecular weight excluding hydrogens is 654 g/mol. The van der Waals surface area contributed by atoms with Crippen molar-refractivity contribution < 1.29 is 14.4 Å². The minimum Gasteiger partial charge on any atom is -0.349 e. The van der Waals surface area contributed by atoms with Crippen LogP contribution in [0.3, 0.4) is 0 Å². The van der Waals surface area contributed by atoms with Crippen molar-refractivity contribution >= 4 is 23.4 Å². The fraction of sp³-hybridized carbons (Fsp3) is 0.450. The number of benzene rings is 3. The van der Waals surface area contributed by atoms with Crippen LogP contribution in [-0.2, 0) is 16.0 Å². The number of carbonyl (C=O) groups excluding carboxylic acids is 3. The Labute approximate surface area is 305 Å². The molecule has 2 saturated carbocycles. The van der Waals surface area contributed by atoms with E-state index in [4.69, 9.17) is 5.73 Å². The van der Waals surface area contributed by atoms with Crippen LogP contribution in [-0.4, -0.2) is 82.0 Å². The smallest absolute Gasteiger partial charge is 0.251 e. The molecule has 12 heteroatoms. The van der Waals surface area contributed by atoms with Crippen LogP contribution in [0.4, 0.5) is 5.69 Å². The van der Waals surface area contributed by atoms with Crippen molar-refractivity contribution in [3.8, 4) is 22.5 Å². The van der Waals surface area contributed by atoms with Gasteiger partial charge >= 0.3 is 0 Å². The van der Waals surface area contributed by atoms with Crippen LogP contribution in [0.2, 0.25) is 0 Å². The fourth-order valence-corrected chi connectivity index (χ4v) is 7.57. The maximum atomic E-state index is 13.7. The molecule has 6 rings (SSSR count). The maximum absolute atomic E-state index is 13.7. The highest BCUT2D eigenvalue weighted by Gasteiger charge is 2.30. The molecule has 1 aromatic heterocycles. The van der Waals surface area contributed by atoms with Gasteiger partial charge in [-0.25, -0.2) is 0 Å². The molecule has 1 atom stereocenters. The van der Waals surface area contributed by atoms with Crippen LogP contribution in [0.1, 0.15) is 72.9 Å². The molecule has 0 saturated heterocycles. The lowest BCUT2D eigenvalue weighted by Crippen LogP contribution is -2.48. The van der Waals surface area contributed by atoms with E-state index < -0.39 is 6.04 Å². The molecule has 0 spiro atoms. The highest BCUT2D eigenvalue weighted by molar-refractivity contribution is 5.98. The second kappa shape index (κ2) is 17.1. The number of nitrogens with zero attached hydrogens (tertiary/aromatic N) is 4. The topological polar surface area (TPSA) is 171 Å². The lowest BCUT2D eigenvalue weighted by atomic mass is 9.81. The Kier molecular flexibility index (Phi) is 12.1. The normalized spacial score (nSPS) is 20.9. The molecule has 1 unspecified atom stereocenters. The molecule has 3 aromatic carbocycles. The van der Waals surface area contributed by atoms with Crippen LogP contribution in [0.15, 0.2) is 66.7 Å². The lowest BCUT2D eigenvalue weighted by Gasteiger charge is -2.33. The first-order valence-electron chi connectivity index (χ1n) is 18.5. The van der Waals surface area contributed by atoms with Gasteiger partial charge < -0.3 is 26.6 Å². The summed E-state index contributed by atoms with van der Waals surface area (Å²) in [4.78, 5) is 42.6. The van der Waals surface area contributed by atoms with Crippen LogP contribution < -0.4 is 21.7 Å². The Morgan fingerprint density at radius 3 is 2.19 bits per heavy atom. The maximum Gasteiger partial charge on any atom is 0.251 e. The standard InChI is InChI=1S/C40H51N9O3/c1-25-22-31(39(51)42-33-17-19-34(20-18-33)49(2)3)14-21-35(25)28-8-4-26(5-9-28)23-36(44-38(50)30-10-6-27(24-41)7-11-30)40(52)43-32-15-12-29(13-16-32)37-45-47-48-46-37/h4-5,8-9,12-16,21-22,27,30,33-34,36H,6-7,10-11,17-20,23-24,41H2,1-3H3,(H,42,51)(H,43,52)(H,44,50)(H,45,46,47,48). The number of tetrazole rings is 1. The number of rotatable bonds is 12. The molecule has 12 nitrogen and oxygen atoms in total. The van der Waals surface area contributed by atoms with Gasteiger partial charge in [-0.3, -0.25) is 14.4 Å². The average molecular weight is 706 g/mol. The molecule has 52 heavy (non-hydrogen) atoms. The highest BCUT2D eigenvalue weighted by atomic mass is 16.2. The lowest BCUT2D eigenvalue weighted by molar-refractivity contribution is -0.130. The van der Waals surface area contributed by atoms with E-state index >= 15 is 0 Å². The van der Waals surface area contributed by atoms with Gasteiger partial charge in [0.25, 0.3) is 5.91 Å². The third-order valence-corrected chi connectivity index (χ3v) is 10.9. The summed E-state index contributed by atoms with van der Waals surface area (Å²) in [6.07, 6.45) is 7.88. The van der Waals surface area contributed by atoms with Crippen molar-refractivity contribution in [2.24, 2.45) is 17.6 Å². The Bertz CT molecular complexity index is 1790. The van der Waals surface area contributed by atoms with E-state index in [1.54, 1.807) is 24.3 Å². The first-order valence-corrected chi connectivity index (χ1v) is 18.5. The van der Waals surface area contributed by atoms with Crippen LogP contribution in [0.25, 0.3) is 22.5 Å². The number of aromatic nitrogens is 4. The summed E-state index contributed by atoms with van der Waals surface area (Å²) in [6, 6.07) is 21.1. The van der Waals surface area contributed by atoms with Gasteiger partial charge in [-0.1, -0.05) is 30.3 Å². The number of aromatic amines is 1. The summed E-state index contributed by atoms with van der Waals surface area (Å²) >= 11 is 0. The van der Waals surface area contributed by atoms with E-state index in [1.165, 1.54) is 0 Å². The molecule has 0 bridgehead atoms.